The Morgan fingerprint density at radius 2 is 2.00 bits per heavy atom. The van der Waals surface area contributed by atoms with Crippen LogP contribution in [0.1, 0.15) is 33.1 Å². The zero-order chi connectivity index (χ0) is 9.23. The van der Waals surface area contributed by atoms with Crippen LogP contribution in [0, 0.1) is 5.92 Å². The molecule has 0 nitrogen and oxygen atoms in total. The fourth-order valence-electron chi connectivity index (χ4n) is 1.02. The molecule has 0 radical (unpaired) electrons. The highest BCUT2D eigenvalue weighted by Gasteiger charge is 1.93. The zero-order valence-corrected chi connectivity index (χ0v) is 8.29. The smallest absolute Gasteiger partial charge is 0.0259 e. The Balaban J connectivity index is 3.52. The second-order valence-electron chi connectivity index (χ2n) is 3.13. The van der Waals surface area contributed by atoms with Gasteiger partial charge in [-0.05, 0) is 12.3 Å². The Bertz CT molecular complexity index is 151. The van der Waals surface area contributed by atoms with Crippen molar-refractivity contribution >= 4 is 0 Å². The van der Waals surface area contributed by atoms with Crippen LogP contribution < -0.4 is 0 Å². The van der Waals surface area contributed by atoms with E-state index in [1.165, 1.54) is 19.3 Å². The molecule has 0 saturated carbocycles. The van der Waals surface area contributed by atoms with Crippen LogP contribution in [0.3, 0.4) is 0 Å². The molecule has 0 heterocycles. The number of unbranched alkanes of at least 4 members (excludes halogenated alkanes) is 1. The maximum atomic E-state index is 3.61. The molecule has 0 rings (SSSR count). The molecule has 0 aliphatic rings. The highest BCUT2D eigenvalue weighted by Crippen LogP contribution is 2.08. The van der Waals surface area contributed by atoms with Crippen molar-refractivity contribution in [2.45, 2.75) is 33.1 Å². The molecule has 0 amide bonds. The molecular weight excluding hydrogens is 144 g/mol. The molecule has 68 valence electrons. The quantitative estimate of drug-likeness (QED) is 0.518. The maximum Gasteiger partial charge on any atom is -0.0259 e. The van der Waals surface area contributed by atoms with Gasteiger partial charge >= 0.3 is 0 Å². The van der Waals surface area contributed by atoms with Crippen LogP contribution in [-0.2, 0) is 0 Å². The molecule has 1 unspecified atom stereocenters. The summed E-state index contributed by atoms with van der Waals surface area (Å²) in [6.45, 7) is 8.09. The number of hydrogen-bond donors (Lipinski definition) is 0. The standard InChI is InChI=1S/C12H20/c1-4-6-8-9-11-12(3)10-7-5-2/h4,6,8-9,11-12H,1,5,7,10H2,2-3H3/b8-6-,11-9+. The summed E-state index contributed by atoms with van der Waals surface area (Å²) < 4.78 is 0. The first-order valence-corrected chi connectivity index (χ1v) is 4.77. The summed E-state index contributed by atoms with van der Waals surface area (Å²) in [5.41, 5.74) is 0. The van der Waals surface area contributed by atoms with Crippen LogP contribution in [-0.4, -0.2) is 0 Å². The Labute approximate surface area is 76.7 Å². The van der Waals surface area contributed by atoms with E-state index in [0.29, 0.717) is 5.92 Å². The Morgan fingerprint density at radius 3 is 2.58 bits per heavy atom. The fraction of sp³-hybridized carbons (Fsp3) is 0.500. The first kappa shape index (κ1) is 11.2. The van der Waals surface area contributed by atoms with Gasteiger partial charge in [-0.15, -0.1) is 0 Å². The molecular formula is C12H20. The predicted octanol–water partition coefficient (Wildman–Crippen LogP) is 4.11. The van der Waals surface area contributed by atoms with Gasteiger partial charge in [-0.2, -0.15) is 0 Å². The lowest BCUT2D eigenvalue weighted by Crippen LogP contribution is -1.87. The van der Waals surface area contributed by atoms with Gasteiger partial charge in [-0.3, -0.25) is 0 Å². The Hall–Kier alpha value is -0.780. The van der Waals surface area contributed by atoms with E-state index < -0.39 is 0 Å². The van der Waals surface area contributed by atoms with Crippen molar-refractivity contribution < 1.29 is 0 Å². The molecule has 0 aromatic rings. The Morgan fingerprint density at radius 1 is 1.25 bits per heavy atom. The zero-order valence-electron chi connectivity index (χ0n) is 8.29. The predicted molar refractivity (Wildman–Crippen MR) is 57.2 cm³/mol. The molecule has 0 fully saturated rings. The molecule has 0 aliphatic heterocycles. The monoisotopic (exact) mass is 164 g/mol. The van der Waals surface area contributed by atoms with Crippen molar-refractivity contribution in [1.82, 2.24) is 0 Å². The molecule has 1 atom stereocenters. The number of rotatable bonds is 6. The van der Waals surface area contributed by atoms with Crippen LogP contribution in [0.5, 0.6) is 0 Å². The molecule has 0 N–H and O–H groups in total. The number of allylic oxidation sites excluding steroid dienone is 5. The highest BCUT2D eigenvalue weighted by atomic mass is 14.0. The van der Waals surface area contributed by atoms with Crippen molar-refractivity contribution in [3.8, 4) is 0 Å². The van der Waals surface area contributed by atoms with Gasteiger partial charge in [0, 0.05) is 0 Å². The molecule has 0 heteroatoms. The van der Waals surface area contributed by atoms with Gasteiger partial charge in [0.25, 0.3) is 0 Å². The van der Waals surface area contributed by atoms with Crippen LogP contribution in [0.25, 0.3) is 0 Å². The topological polar surface area (TPSA) is 0 Å². The van der Waals surface area contributed by atoms with Crippen LogP contribution >= 0.6 is 0 Å². The van der Waals surface area contributed by atoms with Crippen molar-refractivity contribution in [3.63, 3.8) is 0 Å². The molecule has 0 spiro atoms. The summed E-state index contributed by atoms with van der Waals surface area (Å²) >= 11 is 0. The van der Waals surface area contributed by atoms with Crippen LogP contribution in [0.15, 0.2) is 37.0 Å². The summed E-state index contributed by atoms with van der Waals surface area (Å²) in [6.07, 6.45) is 14.0. The lowest BCUT2D eigenvalue weighted by Gasteiger charge is -2.02. The summed E-state index contributed by atoms with van der Waals surface area (Å²) in [4.78, 5) is 0. The van der Waals surface area contributed by atoms with E-state index in [9.17, 15) is 0 Å². The lowest BCUT2D eigenvalue weighted by molar-refractivity contribution is 0.598. The molecule has 0 aromatic carbocycles. The van der Waals surface area contributed by atoms with Gasteiger partial charge in [0.1, 0.15) is 0 Å². The normalized spacial score (nSPS) is 14.2. The van der Waals surface area contributed by atoms with Gasteiger partial charge in [-0.1, -0.05) is 63.6 Å². The van der Waals surface area contributed by atoms with Gasteiger partial charge in [0.2, 0.25) is 0 Å². The molecule has 0 saturated heterocycles. The van der Waals surface area contributed by atoms with Crippen molar-refractivity contribution in [2.24, 2.45) is 5.92 Å². The summed E-state index contributed by atoms with van der Waals surface area (Å²) in [5.74, 6) is 0.708. The van der Waals surface area contributed by atoms with Crippen LogP contribution in [0.4, 0.5) is 0 Å². The van der Waals surface area contributed by atoms with E-state index in [2.05, 4.69) is 32.6 Å². The van der Waals surface area contributed by atoms with Gasteiger partial charge in [-0.25, -0.2) is 0 Å². The molecule has 0 bridgehead atoms. The minimum absolute atomic E-state index is 0.708. The first-order valence-electron chi connectivity index (χ1n) is 4.77. The SMILES string of the molecule is C=C/C=C\C=C\C(C)CCCC. The van der Waals surface area contributed by atoms with E-state index >= 15 is 0 Å². The second-order valence-corrected chi connectivity index (χ2v) is 3.13. The Kier molecular flexibility index (Phi) is 7.78. The van der Waals surface area contributed by atoms with Crippen LogP contribution in [0.2, 0.25) is 0 Å². The van der Waals surface area contributed by atoms with Gasteiger partial charge < -0.3 is 0 Å². The third-order valence-electron chi connectivity index (χ3n) is 1.81. The third kappa shape index (κ3) is 7.33. The lowest BCUT2D eigenvalue weighted by atomic mass is 10.0. The van der Waals surface area contributed by atoms with Gasteiger partial charge in [0.15, 0.2) is 0 Å². The van der Waals surface area contributed by atoms with Crippen molar-refractivity contribution in [3.05, 3.63) is 37.0 Å². The molecule has 0 aromatic heterocycles. The highest BCUT2D eigenvalue weighted by molar-refractivity contribution is 5.09. The summed E-state index contributed by atoms with van der Waals surface area (Å²) in [7, 11) is 0. The van der Waals surface area contributed by atoms with E-state index in [-0.39, 0.29) is 0 Å². The molecule has 12 heavy (non-hydrogen) atoms. The van der Waals surface area contributed by atoms with E-state index in [0.717, 1.165) is 0 Å². The number of hydrogen-bond acceptors (Lipinski definition) is 0. The molecule has 0 aliphatic carbocycles. The average Bonchev–Trinajstić information content (AvgIpc) is 2.09. The largest absolute Gasteiger partial charge is 0.0991 e. The van der Waals surface area contributed by atoms with Crippen molar-refractivity contribution in [2.75, 3.05) is 0 Å². The maximum absolute atomic E-state index is 3.61. The average molecular weight is 164 g/mol. The van der Waals surface area contributed by atoms with E-state index in [1.807, 2.05) is 12.2 Å². The second kappa shape index (κ2) is 8.32. The fourth-order valence-corrected chi connectivity index (χ4v) is 1.02. The summed E-state index contributed by atoms with van der Waals surface area (Å²) in [5, 5.41) is 0. The first-order chi connectivity index (χ1) is 5.81. The van der Waals surface area contributed by atoms with Crippen molar-refractivity contribution in [1.29, 1.82) is 0 Å². The van der Waals surface area contributed by atoms with Gasteiger partial charge in [0.05, 0.1) is 0 Å². The summed E-state index contributed by atoms with van der Waals surface area (Å²) in [6, 6.07) is 0. The minimum Gasteiger partial charge on any atom is -0.0991 e. The third-order valence-corrected chi connectivity index (χ3v) is 1.81. The minimum atomic E-state index is 0.708. The van der Waals surface area contributed by atoms with E-state index in [4.69, 9.17) is 0 Å². The van der Waals surface area contributed by atoms with E-state index in [1.54, 1.807) is 6.08 Å².